The van der Waals surface area contributed by atoms with E-state index in [0.717, 1.165) is 35.4 Å². The van der Waals surface area contributed by atoms with Gasteiger partial charge < -0.3 is 0 Å². The highest BCUT2D eigenvalue weighted by atomic mass is 79.9. The standard InChI is InChI=1S/C20H24BrClN2/c1-3-5-10-24(4-2)20-18-9-8-17(22)12-14(18)6-7-15-11-16(21)13-23-19(15)20/h8-9,11-13,20H,3-7,10H2,1-2H3. The van der Waals surface area contributed by atoms with Gasteiger partial charge in [0.2, 0.25) is 0 Å². The van der Waals surface area contributed by atoms with Crippen molar-refractivity contribution in [3.8, 4) is 0 Å². The summed E-state index contributed by atoms with van der Waals surface area (Å²) in [5.41, 5.74) is 5.27. The van der Waals surface area contributed by atoms with Gasteiger partial charge in [-0.05, 0) is 83.2 Å². The van der Waals surface area contributed by atoms with Crippen molar-refractivity contribution in [3.63, 3.8) is 0 Å². The summed E-state index contributed by atoms with van der Waals surface area (Å²) in [5.74, 6) is 0. The van der Waals surface area contributed by atoms with E-state index in [1.165, 1.54) is 35.2 Å². The van der Waals surface area contributed by atoms with Crippen LogP contribution in [0.2, 0.25) is 5.02 Å². The van der Waals surface area contributed by atoms with Crippen LogP contribution in [0.5, 0.6) is 0 Å². The van der Waals surface area contributed by atoms with Gasteiger partial charge in [-0.3, -0.25) is 9.88 Å². The number of nitrogens with zero attached hydrogens (tertiary/aromatic N) is 2. The Hall–Kier alpha value is -0.900. The summed E-state index contributed by atoms with van der Waals surface area (Å²) in [7, 11) is 0. The van der Waals surface area contributed by atoms with Gasteiger partial charge in [0.15, 0.2) is 0 Å². The summed E-state index contributed by atoms with van der Waals surface area (Å²) < 4.78 is 1.06. The van der Waals surface area contributed by atoms with Gasteiger partial charge in [0.1, 0.15) is 0 Å². The van der Waals surface area contributed by atoms with E-state index in [1.807, 2.05) is 12.3 Å². The van der Waals surface area contributed by atoms with Crippen LogP contribution in [-0.4, -0.2) is 23.0 Å². The molecule has 0 bridgehead atoms. The topological polar surface area (TPSA) is 16.1 Å². The van der Waals surface area contributed by atoms with E-state index in [-0.39, 0.29) is 6.04 Å². The van der Waals surface area contributed by atoms with Crippen LogP contribution in [0.1, 0.15) is 55.1 Å². The lowest BCUT2D eigenvalue weighted by molar-refractivity contribution is 0.229. The molecule has 0 saturated carbocycles. The lowest BCUT2D eigenvalue weighted by Gasteiger charge is -2.32. The highest BCUT2D eigenvalue weighted by Gasteiger charge is 2.29. The molecule has 1 aliphatic carbocycles. The van der Waals surface area contributed by atoms with E-state index in [0.29, 0.717) is 0 Å². The number of benzene rings is 1. The molecule has 1 aromatic heterocycles. The largest absolute Gasteiger partial charge is 0.291 e. The first-order chi connectivity index (χ1) is 11.6. The predicted octanol–water partition coefficient (Wildman–Crippen LogP) is 5.81. The van der Waals surface area contributed by atoms with Gasteiger partial charge in [0.25, 0.3) is 0 Å². The summed E-state index contributed by atoms with van der Waals surface area (Å²) in [4.78, 5) is 7.39. The number of aromatic nitrogens is 1. The molecule has 24 heavy (non-hydrogen) atoms. The van der Waals surface area contributed by atoms with Crippen LogP contribution in [0.15, 0.2) is 34.9 Å². The highest BCUT2D eigenvalue weighted by molar-refractivity contribution is 9.10. The highest BCUT2D eigenvalue weighted by Crippen LogP contribution is 2.37. The summed E-state index contributed by atoms with van der Waals surface area (Å²) in [6, 6.07) is 8.81. The first-order valence-corrected chi connectivity index (χ1v) is 9.97. The normalized spacial score (nSPS) is 16.6. The number of aryl methyl sites for hydroxylation is 2. The molecule has 4 heteroatoms. The van der Waals surface area contributed by atoms with Crippen molar-refractivity contribution in [1.29, 1.82) is 0 Å². The van der Waals surface area contributed by atoms with Crippen LogP contribution in [0.25, 0.3) is 0 Å². The molecule has 0 saturated heterocycles. The van der Waals surface area contributed by atoms with Gasteiger partial charge in [0, 0.05) is 15.7 Å². The maximum absolute atomic E-state index is 6.27. The predicted molar refractivity (Wildman–Crippen MR) is 105 cm³/mol. The second-order valence-corrected chi connectivity index (χ2v) is 7.78. The number of halogens is 2. The molecule has 3 rings (SSSR count). The van der Waals surface area contributed by atoms with Crippen LogP contribution >= 0.6 is 27.5 Å². The number of unbranched alkanes of at least 4 members (excludes halogenated alkanes) is 1. The number of fused-ring (bicyclic) bond motifs is 2. The van der Waals surface area contributed by atoms with Crippen molar-refractivity contribution in [2.75, 3.05) is 13.1 Å². The van der Waals surface area contributed by atoms with Gasteiger partial charge >= 0.3 is 0 Å². The Morgan fingerprint density at radius 3 is 2.75 bits per heavy atom. The van der Waals surface area contributed by atoms with E-state index >= 15 is 0 Å². The zero-order valence-electron chi connectivity index (χ0n) is 14.4. The fourth-order valence-corrected chi connectivity index (χ4v) is 4.19. The van der Waals surface area contributed by atoms with Crippen molar-refractivity contribution in [1.82, 2.24) is 9.88 Å². The van der Waals surface area contributed by atoms with Crippen molar-refractivity contribution >= 4 is 27.5 Å². The lowest BCUT2D eigenvalue weighted by Crippen LogP contribution is -2.31. The molecule has 0 amide bonds. The second kappa shape index (κ2) is 7.99. The third-order valence-corrected chi connectivity index (χ3v) is 5.53. The number of hydrogen-bond donors (Lipinski definition) is 0. The zero-order chi connectivity index (χ0) is 17.1. The SMILES string of the molecule is CCCCN(CC)C1c2ccc(Cl)cc2CCc2cc(Br)cnc21. The molecule has 1 heterocycles. The Balaban J connectivity index is 2.12. The molecule has 1 unspecified atom stereocenters. The summed E-state index contributed by atoms with van der Waals surface area (Å²) in [5, 5.41) is 0.823. The van der Waals surface area contributed by atoms with Crippen LogP contribution < -0.4 is 0 Å². The first kappa shape index (κ1) is 17.9. The molecule has 1 aliphatic rings. The quantitative estimate of drug-likeness (QED) is 0.622. The van der Waals surface area contributed by atoms with Gasteiger partial charge in [0.05, 0.1) is 11.7 Å². The Kier molecular flexibility index (Phi) is 5.96. The van der Waals surface area contributed by atoms with Crippen molar-refractivity contribution in [2.24, 2.45) is 0 Å². The maximum Gasteiger partial charge on any atom is 0.0781 e. The second-order valence-electron chi connectivity index (χ2n) is 6.43. The van der Waals surface area contributed by atoms with Crippen molar-refractivity contribution in [3.05, 3.63) is 62.3 Å². The number of rotatable bonds is 5. The van der Waals surface area contributed by atoms with E-state index in [9.17, 15) is 0 Å². The average Bonchev–Trinajstić information content (AvgIpc) is 2.72. The van der Waals surface area contributed by atoms with Crippen LogP contribution in [0, 0.1) is 0 Å². The molecule has 0 aliphatic heterocycles. The Labute approximate surface area is 158 Å². The molecule has 0 N–H and O–H groups in total. The van der Waals surface area contributed by atoms with E-state index in [2.05, 4.69) is 52.9 Å². The number of hydrogen-bond acceptors (Lipinski definition) is 2. The molecule has 0 radical (unpaired) electrons. The Morgan fingerprint density at radius 2 is 2.00 bits per heavy atom. The molecule has 0 fully saturated rings. The van der Waals surface area contributed by atoms with Crippen LogP contribution in [0.3, 0.4) is 0 Å². The molecule has 128 valence electrons. The van der Waals surface area contributed by atoms with Gasteiger partial charge in [-0.1, -0.05) is 37.9 Å². The molecule has 2 aromatic rings. The molecule has 1 atom stereocenters. The monoisotopic (exact) mass is 406 g/mol. The molecular formula is C20H24BrClN2. The third-order valence-electron chi connectivity index (χ3n) is 4.86. The minimum absolute atomic E-state index is 0.222. The van der Waals surface area contributed by atoms with E-state index in [1.54, 1.807) is 0 Å². The Morgan fingerprint density at radius 1 is 1.21 bits per heavy atom. The van der Waals surface area contributed by atoms with Gasteiger partial charge in [-0.2, -0.15) is 0 Å². The maximum atomic E-state index is 6.27. The first-order valence-electron chi connectivity index (χ1n) is 8.80. The minimum atomic E-state index is 0.222. The van der Waals surface area contributed by atoms with Crippen molar-refractivity contribution in [2.45, 2.75) is 45.6 Å². The van der Waals surface area contributed by atoms with Gasteiger partial charge in [-0.25, -0.2) is 0 Å². The van der Waals surface area contributed by atoms with Gasteiger partial charge in [-0.15, -0.1) is 0 Å². The average molecular weight is 408 g/mol. The van der Waals surface area contributed by atoms with Crippen LogP contribution in [-0.2, 0) is 12.8 Å². The summed E-state index contributed by atoms with van der Waals surface area (Å²) in [6.07, 6.45) is 6.37. The number of pyridine rings is 1. The fourth-order valence-electron chi connectivity index (χ4n) is 3.61. The van der Waals surface area contributed by atoms with Crippen molar-refractivity contribution < 1.29 is 0 Å². The minimum Gasteiger partial charge on any atom is -0.291 e. The van der Waals surface area contributed by atoms with E-state index in [4.69, 9.17) is 16.6 Å². The summed E-state index contributed by atoms with van der Waals surface area (Å²) >= 11 is 9.86. The lowest BCUT2D eigenvalue weighted by atomic mass is 9.96. The molecule has 1 aromatic carbocycles. The Bertz CT molecular complexity index is 663. The summed E-state index contributed by atoms with van der Waals surface area (Å²) in [6.45, 7) is 6.60. The van der Waals surface area contributed by atoms with Crippen LogP contribution in [0.4, 0.5) is 0 Å². The molecular weight excluding hydrogens is 384 g/mol. The molecule has 0 spiro atoms. The third kappa shape index (κ3) is 3.68. The fraction of sp³-hybridized carbons (Fsp3) is 0.450. The zero-order valence-corrected chi connectivity index (χ0v) is 16.7. The smallest absolute Gasteiger partial charge is 0.0781 e. The molecule has 2 nitrogen and oxygen atoms in total. The van der Waals surface area contributed by atoms with E-state index < -0.39 is 0 Å².